The summed E-state index contributed by atoms with van der Waals surface area (Å²) < 4.78 is 46.3. The lowest BCUT2D eigenvalue weighted by Crippen LogP contribution is -2.72. The maximum Gasteiger partial charge on any atom is 0.364 e. The first kappa shape index (κ1) is 95.8. The van der Waals surface area contributed by atoms with Crippen LogP contribution >= 0.6 is 0 Å². The van der Waals surface area contributed by atoms with Crippen LogP contribution in [0.1, 0.15) is 240 Å². The molecule has 0 spiro atoms. The lowest BCUT2D eigenvalue weighted by atomic mass is 9.87. The molecule has 0 aliphatic carbocycles. The van der Waals surface area contributed by atoms with Crippen molar-refractivity contribution in [3.63, 3.8) is 0 Å². The van der Waals surface area contributed by atoms with E-state index >= 15 is 0 Å². The number of aliphatic carboxylic acids is 2. The van der Waals surface area contributed by atoms with Crippen molar-refractivity contribution in [2.45, 2.75) is 398 Å². The molecule has 0 aromatic carbocycles. The standard InChI is InChI=1S/C73H133N3O31/c1-5-7-9-11-13-15-17-18-19-20-21-22-23-25-27-29-31-33-35-47(84)67(95)76-45(56(88)46(83)34-32-30-28-26-24-16-14-12-10-8-6-2)42-100-68-61(93)60(92)63(53(41-80)102-68)103-69-62(94)66(58(90)51(39-78)101-69)107-73(71(98)99)37-49(86)55(75-44(4)82)65(106-73)59(91)52(40-79)104-72(70(96)97)36-48(85)54(74-43(3)81)64(105-72)57(89)50(87)38-77/h45-66,68-69,77-80,83-94H,5-42H2,1-4H3,(H,74,81)(H,75,82)(H,76,95)(H,96,97)(H,98,99). The fourth-order valence-corrected chi connectivity index (χ4v) is 14.4. The van der Waals surface area contributed by atoms with E-state index in [2.05, 4.69) is 29.8 Å². The van der Waals surface area contributed by atoms with Crippen molar-refractivity contribution in [2.24, 2.45) is 0 Å². The zero-order valence-corrected chi connectivity index (χ0v) is 63.1. The highest BCUT2D eigenvalue weighted by Gasteiger charge is 2.62. The Bertz CT molecular complexity index is 2480. The number of rotatable bonds is 56. The quantitative estimate of drug-likeness (QED) is 0.0347. The molecule has 34 nitrogen and oxygen atoms in total. The average molecular weight is 1550 g/mol. The summed E-state index contributed by atoms with van der Waals surface area (Å²) in [6.45, 7) is 0.701. The summed E-state index contributed by atoms with van der Waals surface area (Å²) in [4.78, 5) is 65.2. The van der Waals surface area contributed by atoms with Crippen LogP contribution in [-0.4, -0.2) is 313 Å². The molecule has 3 amide bonds. The highest BCUT2D eigenvalue weighted by atomic mass is 16.8. The molecule has 0 bridgehead atoms. The van der Waals surface area contributed by atoms with Crippen LogP contribution in [0.25, 0.3) is 0 Å². The van der Waals surface area contributed by atoms with Gasteiger partial charge < -0.3 is 146 Å². The smallest absolute Gasteiger partial charge is 0.364 e. The second kappa shape index (κ2) is 50.5. The predicted octanol–water partition coefficient (Wildman–Crippen LogP) is -0.325. The number of ether oxygens (including phenoxy) is 8. The fraction of sp³-hybridized carbons (Fsp3) is 0.932. The van der Waals surface area contributed by atoms with Crippen molar-refractivity contribution in [3.05, 3.63) is 0 Å². The van der Waals surface area contributed by atoms with Crippen molar-refractivity contribution in [2.75, 3.05) is 33.0 Å². The van der Waals surface area contributed by atoms with Gasteiger partial charge in [-0.25, -0.2) is 9.59 Å². The van der Waals surface area contributed by atoms with Gasteiger partial charge >= 0.3 is 11.9 Å². The van der Waals surface area contributed by atoms with E-state index in [1.807, 2.05) is 0 Å². The second-order valence-electron chi connectivity index (χ2n) is 29.6. The van der Waals surface area contributed by atoms with E-state index < -0.39 is 234 Å². The number of aliphatic hydroxyl groups is 16. The van der Waals surface area contributed by atoms with Gasteiger partial charge in [0.2, 0.25) is 17.7 Å². The number of amides is 3. The van der Waals surface area contributed by atoms with Crippen LogP contribution in [0.15, 0.2) is 0 Å². The number of hydrogen-bond acceptors (Lipinski definition) is 29. The highest BCUT2D eigenvalue weighted by Crippen LogP contribution is 2.41. The van der Waals surface area contributed by atoms with Crippen LogP contribution in [0.3, 0.4) is 0 Å². The van der Waals surface area contributed by atoms with Gasteiger partial charge in [-0.05, 0) is 12.8 Å². The topological polar surface area (TPSA) is 559 Å². The molecule has 0 aromatic heterocycles. The first-order valence-corrected chi connectivity index (χ1v) is 39.2. The number of carboxylic acid groups (broad SMARTS) is 2. The number of aliphatic hydroxyl groups excluding tert-OH is 16. The third kappa shape index (κ3) is 30.4. The van der Waals surface area contributed by atoms with E-state index in [4.69, 9.17) is 37.9 Å². The maximum atomic E-state index is 13.7. The number of carboxylic acids is 2. The normalized spacial score (nSPS) is 31.4. The molecule has 4 saturated heterocycles. The molecule has 21 N–H and O–H groups in total. The van der Waals surface area contributed by atoms with E-state index in [1.165, 1.54) is 109 Å². The SMILES string of the molecule is CCCCCCCCCCCCCCCCCCCCC(O)C(=O)NC(COC1OC(CO)C(OC2OC(CO)C(O)C(OC3(C(=O)O)CC(O)C(NC(C)=O)C(C(O)C(CO)OC4(C(=O)O)CC(O)C(NC(C)=O)C(C(O)C(O)CO)O4)O3)C2O)C(O)C1O)C(O)C(O)CCCCCCCCCCCCC. The van der Waals surface area contributed by atoms with E-state index in [0.717, 1.165) is 78.1 Å². The minimum absolute atomic E-state index is 0.0882. The molecule has 0 radical (unpaired) electrons. The summed E-state index contributed by atoms with van der Waals surface area (Å²) in [5, 5.41) is 207. The van der Waals surface area contributed by atoms with Gasteiger partial charge in [-0.1, -0.05) is 200 Å². The van der Waals surface area contributed by atoms with Gasteiger partial charge in [0, 0.05) is 26.7 Å². The summed E-state index contributed by atoms with van der Waals surface area (Å²) in [6.07, 6.45) is -14.3. The second-order valence-corrected chi connectivity index (χ2v) is 29.6. The minimum atomic E-state index is -3.42. The predicted molar refractivity (Wildman–Crippen MR) is 380 cm³/mol. The van der Waals surface area contributed by atoms with E-state index in [0.29, 0.717) is 12.8 Å². The van der Waals surface area contributed by atoms with Crippen molar-refractivity contribution in [1.29, 1.82) is 0 Å². The average Bonchev–Trinajstić information content (AvgIpc) is 0.744. The van der Waals surface area contributed by atoms with Crippen molar-refractivity contribution in [3.8, 4) is 0 Å². The molecular formula is C73H133N3O31. The van der Waals surface area contributed by atoms with Gasteiger partial charge in [-0.3, -0.25) is 14.4 Å². The first-order valence-electron chi connectivity index (χ1n) is 39.2. The Morgan fingerprint density at radius 1 is 0.477 bits per heavy atom. The Labute approximate surface area is 628 Å². The van der Waals surface area contributed by atoms with Gasteiger partial charge in [0.1, 0.15) is 97.7 Å². The number of unbranched alkanes of at least 4 members (excludes halogenated alkanes) is 27. The number of carbonyl (C=O) groups excluding carboxylic acids is 3. The Kier molecular flexibility index (Phi) is 45.2. The minimum Gasteiger partial charge on any atom is -0.477 e. The highest BCUT2D eigenvalue weighted by molar-refractivity contribution is 5.81. The zero-order valence-electron chi connectivity index (χ0n) is 63.1. The molecule has 4 aliphatic heterocycles. The molecule has 4 rings (SSSR count). The molecule has 26 atom stereocenters. The Morgan fingerprint density at radius 2 is 0.897 bits per heavy atom. The molecule has 4 aliphatic rings. The van der Waals surface area contributed by atoms with Crippen LogP contribution in [0, 0.1) is 0 Å². The Balaban J connectivity index is 1.49. The summed E-state index contributed by atoms with van der Waals surface area (Å²) in [7, 11) is 0. The molecule has 34 heteroatoms. The van der Waals surface area contributed by atoms with Gasteiger partial charge in [-0.2, -0.15) is 0 Å². The van der Waals surface area contributed by atoms with E-state index in [9.17, 15) is 116 Å². The van der Waals surface area contributed by atoms with Gasteiger partial charge in [0.15, 0.2) is 12.6 Å². The number of hydrogen-bond donors (Lipinski definition) is 21. The van der Waals surface area contributed by atoms with Crippen molar-refractivity contribution < 1.29 is 154 Å². The molecule has 626 valence electrons. The lowest BCUT2D eigenvalue weighted by molar-refractivity contribution is -0.388. The van der Waals surface area contributed by atoms with Crippen LogP contribution in [0.5, 0.6) is 0 Å². The molecule has 107 heavy (non-hydrogen) atoms. The van der Waals surface area contributed by atoms with Gasteiger partial charge in [0.25, 0.3) is 11.6 Å². The Hall–Kier alpha value is -3.61. The molecule has 4 heterocycles. The van der Waals surface area contributed by atoms with E-state index in [1.54, 1.807) is 0 Å². The van der Waals surface area contributed by atoms with Crippen LogP contribution in [0.2, 0.25) is 0 Å². The van der Waals surface area contributed by atoms with Gasteiger partial charge in [-0.15, -0.1) is 0 Å². The maximum absolute atomic E-state index is 13.7. The lowest BCUT2D eigenvalue weighted by Gasteiger charge is -2.51. The summed E-state index contributed by atoms with van der Waals surface area (Å²) >= 11 is 0. The third-order valence-electron chi connectivity index (χ3n) is 20.8. The van der Waals surface area contributed by atoms with Crippen molar-refractivity contribution >= 4 is 29.7 Å². The summed E-state index contributed by atoms with van der Waals surface area (Å²) in [5.74, 6) is -13.7. The van der Waals surface area contributed by atoms with E-state index in [-0.39, 0.29) is 12.8 Å². The fourth-order valence-electron chi connectivity index (χ4n) is 14.4. The summed E-state index contributed by atoms with van der Waals surface area (Å²) in [6, 6.07) is -5.12. The molecule has 0 saturated carbocycles. The Morgan fingerprint density at radius 3 is 1.33 bits per heavy atom. The number of carbonyl (C=O) groups is 5. The van der Waals surface area contributed by atoms with Crippen molar-refractivity contribution in [1.82, 2.24) is 16.0 Å². The van der Waals surface area contributed by atoms with Crippen LogP contribution in [0.4, 0.5) is 0 Å². The molecule has 26 unspecified atom stereocenters. The first-order chi connectivity index (χ1) is 51.0. The number of nitrogens with one attached hydrogen (secondary N) is 3. The monoisotopic (exact) mass is 1550 g/mol. The zero-order chi connectivity index (χ0) is 79.4. The molecule has 0 aromatic rings. The largest absolute Gasteiger partial charge is 0.477 e. The summed E-state index contributed by atoms with van der Waals surface area (Å²) in [5.41, 5.74) is 0. The van der Waals surface area contributed by atoms with Gasteiger partial charge in [0.05, 0.1) is 69.5 Å². The molecular weight excluding hydrogens is 1410 g/mol. The molecule has 4 fully saturated rings. The van der Waals surface area contributed by atoms with Crippen LogP contribution in [-0.2, 0) is 61.9 Å². The van der Waals surface area contributed by atoms with Crippen LogP contribution < -0.4 is 16.0 Å². The third-order valence-corrected chi connectivity index (χ3v) is 20.8.